The molecule has 1 saturated carbocycles. The minimum atomic E-state index is 0.0118. The summed E-state index contributed by atoms with van der Waals surface area (Å²) in [6.45, 7) is 0.341. The zero-order valence-electron chi connectivity index (χ0n) is 13.8. The number of aromatic amines is 1. The van der Waals surface area contributed by atoms with Crippen LogP contribution >= 0.6 is 0 Å². The van der Waals surface area contributed by atoms with Crippen molar-refractivity contribution in [2.24, 2.45) is 11.7 Å². The molecule has 128 valence electrons. The van der Waals surface area contributed by atoms with Gasteiger partial charge in [0, 0.05) is 17.5 Å². The number of amides is 1. The van der Waals surface area contributed by atoms with Crippen LogP contribution < -0.4 is 15.8 Å². The van der Waals surface area contributed by atoms with Gasteiger partial charge in [0.25, 0.3) is 0 Å². The molecule has 0 radical (unpaired) electrons. The lowest BCUT2D eigenvalue weighted by molar-refractivity contribution is -0.126. The van der Waals surface area contributed by atoms with Gasteiger partial charge in [-0.2, -0.15) is 5.10 Å². The summed E-state index contributed by atoms with van der Waals surface area (Å²) >= 11 is 0. The maximum atomic E-state index is 12.2. The second-order valence-electron chi connectivity index (χ2n) is 6.18. The predicted molar refractivity (Wildman–Crippen MR) is 90.2 cm³/mol. The smallest absolute Gasteiger partial charge is 0.223 e. The van der Waals surface area contributed by atoms with E-state index in [1.807, 2.05) is 24.3 Å². The topological polar surface area (TPSA) is 106 Å². The van der Waals surface area contributed by atoms with Crippen LogP contribution in [0, 0.1) is 5.92 Å². The first-order valence-corrected chi connectivity index (χ1v) is 8.24. The van der Waals surface area contributed by atoms with E-state index in [1.54, 1.807) is 7.11 Å². The number of H-pyrrole nitrogens is 1. The summed E-state index contributed by atoms with van der Waals surface area (Å²) in [6.07, 6.45) is 3.70. The van der Waals surface area contributed by atoms with Gasteiger partial charge in [-0.1, -0.05) is 6.42 Å². The number of aromatic nitrogens is 3. The molecule has 0 aliphatic heterocycles. The highest BCUT2D eigenvalue weighted by molar-refractivity contribution is 5.78. The molecule has 24 heavy (non-hydrogen) atoms. The van der Waals surface area contributed by atoms with E-state index in [1.165, 1.54) is 0 Å². The van der Waals surface area contributed by atoms with Crippen LogP contribution in [0.4, 0.5) is 0 Å². The third-order valence-corrected chi connectivity index (χ3v) is 4.40. The Morgan fingerprint density at radius 2 is 2.17 bits per heavy atom. The van der Waals surface area contributed by atoms with Gasteiger partial charge < -0.3 is 15.8 Å². The Morgan fingerprint density at radius 3 is 2.88 bits per heavy atom. The molecule has 7 heteroatoms. The van der Waals surface area contributed by atoms with Crippen LogP contribution in [-0.4, -0.2) is 34.2 Å². The molecule has 1 fully saturated rings. The molecule has 2 unspecified atom stereocenters. The number of hydrogen-bond donors (Lipinski definition) is 3. The summed E-state index contributed by atoms with van der Waals surface area (Å²) in [7, 11) is 1.63. The van der Waals surface area contributed by atoms with Crippen molar-refractivity contribution in [1.29, 1.82) is 0 Å². The van der Waals surface area contributed by atoms with E-state index >= 15 is 0 Å². The largest absolute Gasteiger partial charge is 0.497 e. The number of ether oxygens (including phenoxy) is 1. The van der Waals surface area contributed by atoms with Gasteiger partial charge in [0.1, 0.15) is 11.6 Å². The molecular weight excluding hydrogens is 306 g/mol. The molecule has 0 bridgehead atoms. The maximum absolute atomic E-state index is 12.2. The molecule has 1 aliphatic rings. The van der Waals surface area contributed by atoms with Gasteiger partial charge in [0.2, 0.25) is 5.91 Å². The fraction of sp³-hybridized carbons (Fsp3) is 0.471. The Morgan fingerprint density at radius 1 is 1.38 bits per heavy atom. The Kier molecular flexibility index (Phi) is 5.10. The molecule has 2 aromatic rings. The zero-order chi connectivity index (χ0) is 16.9. The standard InChI is InChI=1S/C17H23N5O2/c1-24-14-7-5-11(6-8-14)16-20-15(21-22-16)10-19-17(23)12-3-2-4-13(18)9-12/h5-8,12-13H,2-4,9-10,18H2,1H3,(H,19,23)(H,20,21,22). The van der Waals surface area contributed by atoms with Crippen LogP contribution in [0.25, 0.3) is 11.4 Å². The molecule has 4 N–H and O–H groups in total. The number of benzene rings is 1. The van der Waals surface area contributed by atoms with Crippen molar-refractivity contribution in [1.82, 2.24) is 20.5 Å². The van der Waals surface area contributed by atoms with Crippen LogP contribution in [0.3, 0.4) is 0 Å². The molecule has 0 saturated heterocycles. The average molecular weight is 329 g/mol. The highest BCUT2D eigenvalue weighted by atomic mass is 16.5. The van der Waals surface area contributed by atoms with Gasteiger partial charge >= 0.3 is 0 Å². The lowest BCUT2D eigenvalue weighted by Gasteiger charge is -2.25. The van der Waals surface area contributed by atoms with Crippen LogP contribution in [0.2, 0.25) is 0 Å². The SMILES string of the molecule is COc1ccc(-c2n[nH]c(CNC(=O)C3CCCC(N)C3)n2)cc1. The molecule has 1 heterocycles. The minimum absolute atomic E-state index is 0.0118. The normalized spacial score (nSPS) is 20.6. The van der Waals surface area contributed by atoms with Gasteiger partial charge in [-0.05, 0) is 43.5 Å². The number of nitrogens with one attached hydrogen (secondary N) is 2. The number of nitrogens with two attached hydrogens (primary N) is 1. The Balaban J connectivity index is 1.56. The first-order chi connectivity index (χ1) is 11.7. The van der Waals surface area contributed by atoms with Crippen molar-refractivity contribution in [3.8, 4) is 17.1 Å². The molecule has 7 nitrogen and oxygen atoms in total. The van der Waals surface area contributed by atoms with E-state index in [0.29, 0.717) is 18.2 Å². The lowest BCUT2D eigenvalue weighted by Crippen LogP contribution is -2.37. The van der Waals surface area contributed by atoms with Crippen molar-refractivity contribution in [2.75, 3.05) is 7.11 Å². The minimum Gasteiger partial charge on any atom is -0.497 e. The van der Waals surface area contributed by atoms with Gasteiger partial charge in [0.05, 0.1) is 13.7 Å². The average Bonchev–Trinajstić information content (AvgIpc) is 3.09. The van der Waals surface area contributed by atoms with Crippen LogP contribution in [-0.2, 0) is 11.3 Å². The van der Waals surface area contributed by atoms with Crippen LogP contribution in [0.5, 0.6) is 5.75 Å². The lowest BCUT2D eigenvalue weighted by atomic mass is 9.85. The molecule has 3 rings (SSSR count). The number of nitrogens with zero attached hydrogens (tertiary/aromatic N) is 2. The molecule has 1 aromatic heterocycles. The van der Waals surface area contributed by atoms with Gasteiger partial charge in [0.15, 0.2) is 5.82 Å². The van der Waals surface area contributed by atoms with E-state index in [2.05, 4.69) is 20.5 Å². The van der Waals surface area contributed by atoms with Gasteiger partial charge in [-0.15, -0.1) is 0 Å². The van der Waals surface area contributed by atoms with E-state index in [-0.39, 0.29) is 17.9 Å². The monoisotopic (exact) mass is 329 g/mol. The van der Waals surface area contributed by atoms with Crippen molar-refractivity contribution < 1.29 is 9.53 Å². The summed E-state index contributed by atoms with van der Waals surface area (Å²) in [6, 6.07) is 7.65. The van der Waals surface area contributed by atoms with E-state index < -0.39 is 0 Å². The maximum Gasteiger partial charge on any atom is 0.223 e. The third kappa shape index (κ3) is 3.91. The fourth-order valence-electron chi connectivity index (χ4n) is 3.02. The van der Waals surface area contributed by atoms with Crippen LogP contribution in [0.15, 0.2) is 24.3 Å². The van der Waals surface area contributed by atoms with Crippen molar-refractivity contribution in [2.45, 2.75) is 38.3 Å². The second kappa shape index (κ2) is 7.44. The predicted octanol–water partition coefficient (Wildman–Crippen LogP) is 1.61. The van der Waals surface area contributed by atoms with Crippen molar-refractivity contribution in [3.63, 3.8) is 0 Å². The molecule has 1 amide bonds. The fourth-order valence-corrected chi connectivity index (χ4v) is 3.02. The van der Waals surface area contributed by atoms with Crippen LogP contribution in [0.1, 0.15) is 31.5 Å². The summed E-state index contributed by atoms with van der Waals surface area (Å²) in [5.74, 6) is 2.08. The quantitative estimate of drug-likeness (QED) is 0.773. The third-order valence-electron chi connectivity index (χ3n) is 4.40. The molecule has 1 aliphatic carbocycles. The number of methoxy groups -OCH3 is 1. The summed E-state index contributed by atoms with van der Waals surface area (Å²) in [5.41, 5.74) is 6.83. The number of carbonyl (C=O) groups is 1. The second-order valence-corrected chi connectivity index (χ2v) is 6.18. The highest BCUT2D eigenvalue weighted by Crippen LogP contribution is 2.23. The molecule has 0 spiro atoms. The van der Waals surface area contributed by atoms with E-state index in [4.69, 9.17) is 10.5 Å². The molecular formula is C17H23N5O2. The first-order valence-electron chi connectivity index (χ1n) is 8.24. The van der Waals surface area contributed by atoms with Gasteiger partial charge in [-0.25, -0.2) is 4.98 Å². The Hall–Kier alpha value is -2.41. The molecule has 1 aromatic carbocycles. The van der Waals surface area contributed by atoms with Crippen molar-refractivity contribution >= 4 is 5.91 Å². The number of carbonyl (C=O) groups excluding carboxylic acids is 1. The first kappa shape index (κ1) is 16.4. The Bertz CT molecular complexity index is 683. The van der Waals surface area contributed by atoms with E-state index in [0.717, 1.165) is 37.0 Å². The summed E-state index contributed by atoms with van der Waals surface area (Å²) in [4.78, 5) is 16.6. The highest BCUT2D eigenvalue weighted by Gasteiger charge is 2.25. The molecule has 2 atom stereocenters. The number of hydrogen-bond acceptors (Lipinski definition) is 5. The van der Waals surface area contributed by atoms with Crippen molar-refractivity contribution in [3.05, 3.63) is 30.1 Å². The number of rotatable bonds is 5. The van der Waals surface area contributed by atoms with E-state index in [9.17, 15) is 4.79 Å². The summed E-state index contributed by atoms with van der Waals surface area (Å²) < 4.78 is 5.14. The zero-order valence-corrected chi connectivity index (χ0v) is 13.8. The summed E-state index contributed by atoms with van der Waals surface area (Å²) in [5, 5.41) is 9.99. The van der Waals surface area contributed by atoms with Gasteiger partial charge in [-0.3, -0.25) is 9.89 Å². The Labute approximate surface area is 141 Å².